The molecule has 0 aromatic carbocycles. The molecule has 0 aliphatic carbocycles. The van der Waals surface area contributed by atoms with Crippen LogP contribution in [-0.4, -0.2) is 23.4 Å². The van der Waals surface area contributed by atoms with Crippen molar-refractivity contribution in [3.05, 3.63) is 18.1 Å². The van der Waals surface area contributed by atoms with E-state index in [-0.39, 0.29) is 5.69 Å². The van der Waals surface area contributed by atoms with E-state index in [9.17, 15) is 4.79 Å². The van der Waals surface area contributed by atoms with Crippen LogP contribution < -0.4 is 4.74 Å². The first kappa shape index (κ1) is 6.67. The topological polar surface area (TPSA) is 52.1 Å². The van der Waals surface area contributed by atoms with Crippen LogP contribution in [0.1, 0.15) is 10.5 Å². The minimum atomic E-state index is 0.277. The summed E-state index contributed by atoms with van der Waals surface area (Å²) in [5.41, 5.74) is 0.277. The molecule has 0 aliphatic heterocycles. The summed E-state index contributed by atoms with van der Waals surface area (Å²) in [5.74, 6) is 0.351. The molecule has 0 saturated heterocycles. The Bertz CT molecular complexity index is 237. The van der Waals surface area contributed by atoms with Gasteiger partial charge >= 0.3 is 0 Å². The largest absolute Gasteiger partial charge is 0.480 e. The summed E-state index contributed by atoms with van der Waals surface area (Å²) in [6, 6.07) is 0. The number of methoxy groups -OCH3 is 1. The minimum Gasteiger partial charge on any atom is -0.480 e. The number of hydrogen-bond acceptors (Lipinski definition) is 4. The van der Waals surface area contributed by atoms with Crippen LogP contribution in [0.2, 0.25) is 0 Å². The lowest BCUT2D eigenvalue weighted by molar-refractivity contribution is 0.111. The molecule has 0 atom stereocenters. The van der Waals surface area contributed by atoms with Gasteiger partial charge in [-0.25, -0.2) is 4.98 Å². The van der Waals surface area contributed by atoms with Gasteiger partial charge in [0, 0.05) is 0 Å². The normalized spacial score (nSPS) is 8.90. The molecule has 4 nitrogen and oxygen atoms in total. The molecular formula is C6H6N2O2. The lowest BCUT2D eigenvalue weighted by atomic mass is 10.5. The van der Waals surface area contributed by atoms with E-state index in [1.54, 1.807) is 0 Å². The van der Waals surface area contributed by atoms with Crippen LogP contribution in [-0.2, 0) is 0 Å². The molecule has 1 aromatic rings. The van der Waals surface area contributed by atoms with Crippen LogP contribution in [0.15, 0.2) is 12.4 Å². The molecule has 0 amide bonds. The van der Waals surface area contributed by atoms with Crippen molar-refractivity contribution in [2.75, 3.05) is 7.11 Å². The summed E-state index contributed by atoms with van der Waals surface area (Å²) in [6.07, 6.45) is 3.43. The molecule has 0 bridgehead atoms. The van der Waals surface area contributed by atoms with Gasteiger partial charge in [0.2, 0.25) is 5.88 Å². The molecule has 0 radical (unpaired) electrons. The molecule has 0 saturated carbocycles. The van der Waals surface area contributed by atoms with Gasteiger partial charge in [0.05, 0.1) is 19.5 Å². The predicted octanol–water partition coefficient (Wildman–Crippen LogP) is 0.298. The van der Waals surface area contributed by atoms with Crippen molar-refractivity contribution in [2.24, 2.45) is 0 Å². The highest BCUT2D eigenvalue weighted by molar-refractivity contribution is 5.71. The smallest absolute Gasteiger partial charge is 0.232 e. The number of carbonyl (C=O) groups excluding carboxylic acids is 1. The Hall–Kier alpha value is -1.45. The van der Waals surface area contributed by atoms with Gasteiger partial charge < -0.3 is 4.74 Å². The van der Waals surface area contributed by atoms with Gasteiger partial charge in [-0.2, -0.15) is 0 Å². The monoisotopic (exact) mass is 138 g/mol. The number of nitrogens with zero attached hydrogens (tertiary/aromatic N) is 2. The lowest BCUT2D eigenvalue weighted by Crippen LogP contribution is -1.92. The summed E-state index contributed by atoms with van der Waals surface area (Å²) in [5, 5.41) is 0. The molecule has 0 spiro atoms. The molecule has 0 unspecified atom stereocenters. The molecule has 0 fully saturated rings. The molecule has 52 valence electrons. The number of hydrogen-bond donors (Lipinski definition) is 0. The summed E-state index contributed by atoms with van der Waals surface area (Å²) in [4.78, 5) is 17.6. The van der Waals surface area contributed by atoms with E-state index in [0.29, 0.717) is 12.2 Å². The van der Waals surface area contributed by atoms with Crippen molar-refractivity contribution < 1.29 is 9.53 Å². The first-order valence-corrected chi connectivity index (χ1v) is 2.68. The standard InChI is InChI=1S/C6H6N2O2/c1-10-6-3-7-2-5(4-9)8-6/h2-4H,1H3. The average Bonchev–Trinajstić information content (AvgIpc) is 2.05. The maximum atomic E-state index is 10.1. The Balaban J connectivity index is 2.98. The van der Waals surface area contributed by atoms with E-state index < -0.39 is 0 Å². The highest BCUT2D eigenvalue weighted by Gasteiger charge is 1.94. The zero-order valence-corrected chi connectivity index (χ0v) is 5.44. The van der Waals surface area contributed by atoms with E-state index >= 15 is 0 Å². The van der Waals surface area contributed by atoms with Crippen LogP contribution in [0.4, 0.5) is 0 Å². The van der Waals surface area contributed by atoms with Gasteiger partial charge in [0.1, 0.15) is 5.69 Å². The summed E-state index contributed by atoms with van der Waals surface area (Å²) in [6.45, 7) is 0. The molecule has 4 heteroatoms. The van der Waals surface area contributed by atoms with Crippen molar-refractivity contribution >= 4 is 6.29 Å². The molecule has 1 rings (SSSR count). The van der Waals surface area contributed by atoms with Crippen molar-refractivity contribution in [1.29, 1.82) is 0 Å². The molecular weight excluding hydrogens is 132 g/mol. The molecule has 1 heterocycles. The number of ether oxygens (including phenoxy) is 1. The molecule has 0 N–H and O–H groups in total. The second-order valence-corrected chi connectivity index (χ2v) is 1.60. The first-order chi connectivity index (χ1) is 4.86. The molecule has 0 aliphatic rings. The lowest BCUT2D eigenvalue weighted by Gasteiger charge is -1.95. The number of rotatable bonds is 2. The number of aldehydes is 1. The fourth-order valence-corrected chi connectivity index (χ4v) is 0.518. The zero-order chi connectivity index (χ0) is 7.40. The highest BCUT2D eigenvalue weighted by Crippen LogP contribution is 2.00. The maximum Gasteiger partial charge on any atom is 0.232 e. The number of aromatic nitrogens is 2. The van der Waals surface area contributed by atoms with Crippen molar-refractivity contribution in [3.63, 3.8) is 0 Å². The van der Waals surface area contributed by atoms with E-state index in [0.717, 1.165) is 0 Å². The fourth-order valence-electron chi connectivity index (χ4n) is 0.518. The van der Waals surface area contributed by atoms with Gasteiger partial charge in [-0.3, -0.25) is 9.78 Å². The minimum absolute atomic E-state index is 0.277. The molecule has 10 heavy (non-hydrogen) atoms. The van der Waals surface area contributed by atoms with Gasteiger partial charge in [-0.05, 0) is 0 Å². The zero-order valence-electron chi connectivity index (χ0n) is 5.44. The quantitative estimate of drug-likeness (QED) is 0.551. The van der Waals surface area contributed by atoms with Crippen LogP contribution in [0.3, 0.4) is 0 Å². The van der Waals surface area contributed by atoms with Gasteiger partial charge in [0.25, 0.3) is 0 Å². The van der Waals surface area contributed by atoms with Crippen molar-refractivity contribution in [3.8, 4) is 5.88 Å². The third-order valence-corrected chi connectivity index (χ3v) is 0.961. The third kappa shape index (κ3) is 1.28. The van der Waals surface area contributed by atoms with Crippen LogP contribution in [0.25, 0.3) is 0 Å². The summed E-state index contributed by atoms with van der Waals surface area (Å²) >= 11 is 0. The molecule has 1 aromatic heterocycles. The van der Waals surface area contributed by atoms with Crippen LogP contribution >= 0.6 is 0 Å². The Morgan fingerprint density at radius 3 is 3.00 bits per heavy atom. The number of carbonyl (C=O) groups is 1. The first-order valence-electron chi connectivity index (χ1n) is 2.68. The SMILES string of the molecule is COc1cncc(C=O)n1. The summed E-state index contributed by atoms with van der Waals surface area (Å²) in [7, 11) is 1.47. The Kier molecular flexibility index (Phi) is 1.94. The Morgan fingerprint density at radius 1 is 1.60 bits per heavy atom. The van der Waals surface area contributed by atoms with Crippen molar-refractivity contribution in [1.82, 2.24) is 9.97 Å². The highest BCUT2D eigenvalue weighted by atomic mass is 16.5. The van der Waals surface area contributed by atoms with E-state index in [1.807, 2.05) is 0 Å². The average molecular weight is 138 g/mol. The van der Waals surface area contributed by atoms with E-state index in [1.165, 1.54) is 19.5 Å². The Morgan fingerprint density at radius 2 is 2.40 bits per heavy atom. The van der Waals surface area contributed by atoms with Gasteiger partial charge in [-0.15, -0.1) is 0 Å². The van der Waals surface area contributed by atoms with Gasteiger partial charge in [0.15, 0.2) is 6.29 Å². The van der Waals surface area contributed by atoms with E-state index in [2.05, 4.69) is 9.97 Å². The van der Waals surface area contributed by atoms with Crippen molar-refractivity contribution in [2.45, 2.75) is 0 Å². The second-order valence-electron chi connectivity index (χ2n) is 1.60. The van der Waals surface area contributed by atoms with Crippen LogP contribution in [0.5, 0.6) is 5.88 Å². The van der Waals surface area contributed by atoms with Crippen LogP contribution in [0, 0.1) is 0 Å². The Labute approximate surface area is 57.9 Å². The predicted molar refractivity (Wildman–Crippen MR) is 34.0 cm³/mol. The third-order valence-electron chi connectivity index (χ3n) is 0.961. The maximum absolute atomic E-state index is 10.1. The fraction of sp³-hybridized carbons (Fsp3) is 0.167. The summed E-state index contributed by atoms with van der Waals surface area (Å²) < 4.78 is 4.72. The second kappa shape index (κ2) is 2.91. The van der Waals surface area contributed by atoms with E-state index in [4.69, 9.17) is 4.74 Å². The van der Waals surface area contributed by atoms with Gasteiger partial charge in [-0.1, -0.05) is 0 Å².